The van der Waals surface area contributed by atoms with Gasteiger partial charge in [-0.15, -0.1) is 0 Å². The first kappa shape index (κ1) is 16.2. The highest BCUT2D eigenvalue weighted by molar-refractivity contribution is 5.72. The van der Waals surface area contributed by atoms with Crippen LogP contribution >= 0.6 is 0 Å². The maximum absolute atomic E-state index is 11.3. The van der Waals surface area contributed by atoms with Gasteiger partial charge in [0.05, 0.1) is 56.3 Å². The van der Waals surface area contributed by atoms with Gasteiger partial charge in [0.1, 0.15) is 0 Å². The molecule has 21 heavy (non-hydrogen) atoms. The highest BCUT2D eigenvalue weighted by Crippen LogP contribution is 2.38. The molecule has 0 aliphatic heterocycles. The van der Waals surface area contributed by atoms with E-state index in [1.807, 2.05) is 6.07 Å². The van der Waals surface area contributed by atoms with Crippen molar-refractivity contribution < 1.29 is 23.9 Å². The first-order valence-electron chi connectivity index (χ1n) is 5.85. The van der Waals surface area contributed by atoms with Crippen molar-refractivity contribution >= 4 is 11.7 Å². The van der Waals surface area contributed by atoms with Crippen LogP contribution < -0.4 is 9.47 Å². The Morgan fingerprint density at radius 1 is 1.33 bits per heavy atom. The maximum atomic E-state index is 11.3. The van der Waals surface area contributed by atoms with Crippen LogP contribution in [0.3, 0.4) is 0 Å². The van der Waals surface area contributed by atoms with Crippen molar-refractivity contribution in [1.29, 1.82) is 5.26 Å². The average molecular weight is 294 g/mol. The van der Waals surface area contributed by atoms with E-state index in [0.29, 0.717) is 0 Å². The number of hydrogen-bond donors (Lipinski definition) is 0. The summed E-state index contributed by atoms with van der Waals surface area (Å²) < 4.78 is 14.5. The van der Waals surface area contributed by atoms with Gasteiger partial charge in [0.15, 0.2) is 11.5 Å². The number of nitro groups is 1. The number of rotatable bonds is 6. The first-order chi connectivity index (χ1) is 9.98. The lowest BCUT2D eigenvalue weighted by atomic mass is 9.95. The van der Waals surface area contributed by atoms with E-state index >= 15 is 0 Å². The molecule has 8 nitrogen and oxygen atoms in total. The fourth-order valence-electron chi connectivity index (χ4n) is 1.80. The van der Waals surface area contributed by atoms with Crippen molar-refractivity contribution in [2.45, 2.75) is 12.3 Å². The minimum absolute atomic E-state index is 0.0746. The molecule has 1 aromatic carbocycles. The zero-order chi connectivity index (χ0) is 16.0. The normalized spacial score (nSPS) is 11.1. The Morgan fingerprint density at radius 3 is 2.33 bits per heavy atom. The molecule has 1 aromatic rings. The Balaban J connectivity index is 3.40. The van der Waals surface area contributed by atoms with Gasteiger partial charge in [0.2, 0.25) is 0 Å². The second-order valence-electron chi connectivity index (χ2n) is 3.99. The van der Waals surface area contributed by atoms with Crippen LogP contribution in [0.25, 0.3) is 0 Å². The maximum Gasteiger partial charge on any atom is 0.307 e. The van der Waals surface area contributed by atoms with Crippen molar-refractivity contribution in [2.24, 2.45) is 0 Å². The SMILES string of the molecule is COC(=O)C[C@@H](C#N)c1cc(OC)c(OC)cc1[N+](=O)[O-]. The summed E-state index contributed by atoms with van der Waals surface area (Å²) in [5.74, 6) is -1.24. The number of carbonyl (C=O) groups excluding carboxylic acids is 1. The predicted molar refractivity (Wildman–Crippen MR) is 71.2 cm³/mol. The van der Waals surface area contributed by atoms with Gasteiger partial charge in [0, 0.05) is 0 Å². The third-order valence-corrected chi connectivity index (χ3v) is 2.86. The molecule has 0 heterocycles. The molecule has 8 heteroatoms. The second kappa shape index (κ2) is 7.09. The molecule has 0 fully saturated rings. The predicted octanol–water partition coefficient (Wildman–Crippen LogP) is 1.78. The standard InChI is InChI=1S/C13H14N2O6/c1-19-11-5-9(8(7-14)4-13(16)21-3)10(15(17)18)6-12(11)20-2/h5-6,8H,4H2,1-3H3/t8-/m0/s1. The highest BCUT2D eigenvalue weighted by Gasteiger charge is 2.27. The molecule has 0 saturated carbocycles. The quantitative estimate of drug-likeness (QED) is 0.446. The summed E-state index contributed by atoms with van der Waals surface area (Å²) in [6, 6.07) is 4.36. The van der Waals surface area contributed by atoms with Crippen LogP contribution in [0.2, 0.25) is 0 Å². The topological polar surface area (TPSA) is 112 Å². The van der Waals surface area contributed by atoms with E-state index in [0.717, 1.165) is 6.07 Å². The molecule has 1 atom stereocenters. The van der Waals surface area contributed by atoms with E-state index in [4.69, 9.17) is 14.7 Å². The van der Waals surface area contributed by atoms with Crippen LogP contribution in [0.4, 0.5) is 5.69 Å². The van der Waals surface area contributed by atoms with Crippen molar-refractivity contribution in [2.75, 3.05) is 21.3 Å². The minimum Gasteiger partial charge on any atom is -0.493 e. The number of ether oxygens (including phenoxy) is 3. The van der Waals surface area contributed by atoms with E-state index < -0.39 is 16.8 Å². The number of nitro benzene ring substituents is 1. The molecule has 0 aliphatic rings. The molecule has 0 N–H and O–H groups in total. The van der Waals surface area contributed by atoms with Gasteiger partial charge in [-0.25, -0.2) is 0 Å². The number of hydrogen-bond acceptors (Lipinski definition) is 7. The minimum atomic E-state index is -1.02. The van der Waals surface area contributed by atoms with Crippen LogP contribution in [0.15, 0.2) is 12.1 Å². The smallest absolute Gasteiger partial charge is 0.307 e. The number of methoxy groups -OCH3 is 3. The van der Waals surface area contributed by atoms with E-state index in [2.05, 4.69) is 4.74 Å². The molecule has 0 aliphatic carbocycles. The fraction of sp³-hybridized carbons (Fsp3) is 0.385. The summed E-state index contributed by atoms with van der Waals surface area (Å²) in [5, 5.41) is 20.3. The zero-order valence-corrected chi connectivity index (χ0v) is 11.8. The number of esters is 1. The number of nitriles is 1. The molecular weight excluding hydrogens is 280 g/mol. The second-order valence-corrected chi connectivity index (χ2v) is 3.99. The van der Waals surface area contributed by atoms with Crippen LogP contribution in [0.1, 0.15) is 17.9 Å². The Labute approximate surface area is 121 Å². The third kappa shape index (κ3) is 3.60. The van der Waals surface area contributed by atoms with Gasteiger partial charge in [-0.05, 0) is 6.07 Å². The Kier molecular flexibility index (Phi) is 5.48. The molecule has 0 amide bonds. The van der Waals surface area contributed by atoms with Crippen LogP contribution in [0.5, 0.6) is 11.5 Å². The highest BCUT2D eigenvalue weighted by atomic mass is 16.6. The van der Waals surface area contributed by atoms with Crippen molar-refractivity contribution in [3.05, 3.63) is 27.8 Å². The van der Waals surface area contributed by atoms with E-state index in [-0.39, 0.29) is 29.2 Å². The van der Waals surface area contributed by atoms with Crippen LogP contribution in [-0.2, 0) is 9.53 Å². The van der Waals surface area contributed by atoms with Crippen molar-refractivity contribution in [1.82, 2.24) is 0 Å². The summed E-state index contributed by atoms with van der Waals surface area (Å²) in [6.07, 6.45) is -0.288. The molecule has 0 unspecified atom stereocenters. The molecule has 0 saturated heterocycles. The molecule has 1 rings (SSSR count). The zero-order valence-electron chi connectivity index (χ0n) is 11.8. The lowest BCUT2D eigenvalue weighted by Gasteiger charge is -2.13. The summed E-state index contributed by atoms with van der Waals surface area (Å²) >= 11 is 0. The lowest BCUT2D eigenvalue weighted by Crippen LogP contribution is -2.09. The van der Waals surface area contributed by atoms with Crippen molar-refractivity contribution in [3.8, 4) is 17.6 Å². The molecule has 0 spiro atoms. The van der Waals surface area contributed by atoms with Gasteiger partial charge in [-0.3, -0.25) is 14.9 Å². The summed E-state index contributed by atoms with van der Waals surface area (Å²) in [7, 11) is 3.90. The first-order valence-corrected chi connectivity index (χ1v) is 5.85. The fourth-order valence-corrected chi connectivity index (χ4v) is 1.80. The summed E-state index contributed by atoms with van der Waals surface area (Å²) in [6.45, 7) is 0. The number of nitrogens with zero attached hydrogens (tertiary/aromatic N) is 2. The average Bonchev–Trinajstić information content (AvgIpc) is 2.50. The molecule has 0 bridgehead atoms. The number of benzene rings is 1. The van der Waals surface area contributed by atoms with Gasteiger partial charge in [0.25, 0.3) is 5.69 Å². The van der Waals surface area contributed by atoms with E-state index in [1.54, 1.807) is 0 Å². The van der Waals surface area contributed by atoms with Crippen LogP contribution in [-0.4, -0.2) is 32.2 Å². The van der Waals surface area contributed by atoms with Gasteiger partial charge >= 0.3 is 5.97 Å². The largest absolute Gasteiger partial charge is 0.493 e. The molecular formula is C13H14N2O6. The molecule has 0 radical (unpaired) electrons. The Bertz CT molecular complexity index is 593. The summed E-state index contributed by atoms with van der Waals surface area (Å²) in [4.78, 5) is 21.8. The van der Waals surface area contributed by atoms with Gasteiger partial charge in [-0.1, -0.05) is 0 Å². The third-order valence-electron chi connectivity index (χ3n) is 2.86. The lowest BCUT2D eigenvalue weighted by molar-refractivity contribution is -0.385. The Morgan fingerprint density at radius 2 is 1.90 bits per heavy atom. The molecule has 0 aromatic heterocycles. The van der Waals surface area contributed by atoms with Gasteiger partial charge < -0.3 is 14.2 Å². The number of carbonyl (C=O) groups is 1. The van der Waals surface area contributed by atoms with E-state index in [9.17, 15) is 14.9 Å². The van der Waals surface area contributed by atoms with Crippen LogP contribution in [0, 0.1) is 21.4 Å². The molecule has 112 valence electrons. The summed E-state index contributed by atoms with van der Waals surface area (Å²) in [5.41, 5.74) is -0.242. The van der Waals surface area contributed by atoms with Gasteiger partial charge in [-0.2, -0.15) is 5.26 Å². The Hall–Kier alpha value is -2.82. The van der Waals surface area contributed by atoms with Crippen molar-refractivity contribution in [3.63, 3.8) is 0 Å². The van der Waals surface area contributed by atoms with E-state index in [1.165, 1.54) is 27.4 Å². The monoisotopic (exact) mass is 294 g/mol.